The van der Waals surface area contributed by atoms with E-state index in [1.54, 1.807) is 21.1 Å². The van der Waals surface area contributed by atoms with Gasteiger partial charge < -0.3 is 20.1 Å². The fourth-order valence-electron chi connectivity index (χ4n) is 2.88. The minimum atomic E-state index is -0.791. The molecule has 5 heteroatoms. The Hall–Kier alpha value is -0.650. The lowest BCUT2D eigenvalue weighted by Gasteiger charge is -2.32. The zero-order valence-corrected chi connectivity index (χ0v) is 13.2. The van der Waals surface area contributed by atoms with Gasteiger partial charge in [0.05, 0.1) is 6.61 Å². The highest BCUT2D eigenvalue weighted by Crippen LogP contribution is 2.18. The van der Waals surface area contributed by atoms with Crippen LogP contribution in [0.1, 0.15) is 39.0 Å². The Morgan fingerprint density at radius 3 is 2.85 bits per heavy atom. The normalized spacial score (nSPS) is 23.4. The first-order valence-electron chi connectivity index (χ1n) is 7.65. The quantitative estimate of drug-likeness (QED) is 0.630. The van der Waals surface area contributed by atoms with E-state index in [0.717, 1.165) is 32.5 Å². The Kier molecular flexibility index (Phi) is 7.48. The van der Waals surface area contributed by atoms with Gasteiger partial charge in [-0.15, -0.1) is 0 Å². The van der Waals surface area contributed by atoms with Crippen LogP contribution in [-0.2, 0) is 9.53 Å². The molecule has 20 heavy (non-hydrogen) atoms. The average molecular weight is 286 g/mol. The van der Waals surface area contributed by atoms with E-state index in [4.69, 9.17) is 4.74 Å². The van der Waals surface area contributed by atoms with E-state index in [2.05, 4.69) is 10.2 Å². The second-order valence-corrected chi connectivity index (χ2v) is 6.11. The predicted octanol–water partition coefficient (Wildman–Crippen LogP) is 1.58. The lowest BCUT2D eigenvalue weighted by Crippen LogP contribution is -2.47. The Morgan fingerprint density at radius 1 is 1.50 bits per heavy atom. The number of nitrogens with zero attached hydrogens (tertiary/aromatic N) is 1. The number of methoxy groups -OCH3 is 1. The third kappa shape index (κ3) is 5.38. The molecule has 0 spiro atoms. The molecule has 1 rings (SSSR count). The number of hydrogen-bond acceptors (Lipinski definition) is 4. The van der Waals surface area contributed by atoms with Crippen molar-refractivity contribution in [1.82, 2.24) is 10.2 Å². The number of unbranched alkanes of at least 4 members (excludes halogenated alkanes) is 1. The summed E-state index contributed by atoms with van der Waals surface area (Å²) in [6.07, 6.45) is 5.19. The van der Waals surface area contributed by atoms with Crippen molar-refractivity contribution in [3.8, 4) is 0 Å². The Balaban J connectivity index is 2.22. The number of rotatable bonds is 9. The highest BCUT2D eigenvalue weighted by Gasteiger charge is 2.30. The number of ether oxygens (including phenoxy) is 1. The fraction of sp³-hybridized carbons (Fsp3) is 0.933. The van der Waals surface area contributed by atoms with Crippen LogP contribution in [0.4, 0.5) is 0 Å². The summed E-state index contributed by atoms with van der Waals surface area (Å²) in [7, 11) is 3.48. The van der Waals surface area contributed by atoms with Crippen LogP contribution in [0.3, 0.4) is 0 Å². The van der Waals surface area contributed by atoms with Gasteiger partial charge in [0.15, 0.2) is 0 Å². The third-order valence-electron chi connectivity index (χ3n) is 4.43. The number of carboxylic acid groups (broad SMARTS) is 1. The van der Waals surface area contributed by atoms with Crippen LogP contribution in [0.25, 0.3) is 0 Å². The minimum Gasteiger partial charge on any atom is -0.480 e. The molecule has 2 N–H and O–H groups in total. The summed E-state index contributed by atoms with van der Waals surface area (Å²) in [6, 6.07) is 0. The maximum atomic E-state index is 11.2. The maximum absolute atomic E-state index is 11.2. The van der Waals surface area contributed by atoms with Gasteiger partial charge >= 0.3 is 5.97 Å². The van der Waals surface area contributed by atoms with Crippen molar-refractivity contribution in [2.75, 3.05) is 40.4 Å². The van der Waals surface area contributed by atoms with Crippen molar-refractivity contribution in [2.45, 2.75) is 44.6 Å². The Morgan fingerprint density at radius 2 is 2.25 bits per heavy atom. The predicted molar refractivity (Wildman–Crippen MR) is 80.0 cm³/mol. The summed E-state index contributed by atoms with van der Waals surface area (Å²) in [4.78, 5) is 13.7. The molecule has 1 fully saturated rings. The van der Waals surface area contributed by atoms with Gasteiger partial charge in [0.1, 0.15) is 5.54 Å². The van der Waals surface area contributed by atoms with Crippen molar-refractivity contribution in [1.29, 1.82) is 0 Å². The summed E-state index contributed by atoms with van der Waals surface area (Å²) in [5, 5.41) is 12.1. The van der Waals surface area contributed by atoms with Crippen molar-refractivity contribution >= 4 is 5.97 Å². The molecule has 1 aliphatic rings. The zero-order valence-electron chi connectivity index (χ0n) is 13.2. The van der Waals surface area contributed by atoms with Crippen LogP contribution in [0.15, 0.2) is 0 Å². The van der Waals surface area contributed by atoms with E-state index in [-0.39, 0.29) is 0 Å². The Bertz CT molecular complexity index is 297. The number of carboxylic acids is 1. The molecule has 0 aromatic heterocycles. The largest absolute Gasteiger partial charge is 0.480 e. The number of piperidine rings is 1. The zero-order chi connectivity index (χ0) is 15.0. The van der Waals surface area contributed by atoms with Crippen molar-refractivity contribution in [3.63, 3.8) is 0 Å². The Labute approximate surface area is 122 Å². The van der Waals surface area contributed by atoms with Gasteiger partial charge in [-0.25, -0.2) is 0 Å². The molecule has 0 aliphatic carbocycles. The highest BCUT2D eigenvalue weighted by atomic mass is 16.5. The fourth-order valence-corrected chi connectivity index (χ4v) is 2.88. The molecule has 2 unspecified atom stereocenters. The lowest BCUT2D eigenvalue weighted by molar-refractivity contribution is -0.144. The molecule has 0 bridgehead atoms. The molecule has 0 radical (unpaired) electrons. The van der Waals surface area contributed by atoms with Crippen molar-refractivity contribution < 1.29 is 14.6 Å². The second-order valence-electron chi connectivity index (χ2n) is 6.11. The number of likely N-dealkylation sites (N-methyl/N-ethyl adjacent to an activating group) is 1. The van der Waals surface area contributed by atoms with Crippen LogP contribution in [0, 0.1) is 5.92 Å². The van der Waals surface area contributed by atoms with E-state index < -0.39 is 11.5 Å². The smallest absolute Gasteiger partial charge is 0.323 e. The van der Waals surface area contributed by atoms with E-state index in [0.29, 0.717) is 12.3 Å². The topological polar surface area (TPSA) is 61.8 Å². The number of nitrogens with one attached hydrogen (secondary N) is 1. The first-order valence-corrected chi connectivity index (χ1v) is 7.65. The molecular formula is C15H30N2O3. The van der Waals surface area contributed by atoms with Gasteiger partial charge in [0.2, 0.25) is 0 Å². The molecule has 118 valence electrons. The van der Waals surface area contributed by atoms with Gasteiger partial charge in [-0.05, 0) is 65.1 Å². The molecule has 2 atom stereocenters. The molecule has 5 nitrogen and oxygen atoms in total. The standard InChI is InChI=1S/C15H30N2O3/c1-15(16-2,14(18)19)8-4-5-9-17-10-6-7-13(11-17)12-20-3/h13,16H,4-12H2,1-3H3,(H,18,19). The summed E-state index contributed by atoms with van der Waals surface area (Å²) < 4.78 is 5.24. The van der Waals surface area contributed by atoms with Gasteiger partial charge in [-0.3, -0.25) is 4.79 Å². The van der Waals surface area contributed by atoms with Gasteiger partial charge in [-0.1, -0.05) is 0 Å². The summed E-state index contributed by atoms with van der Waals surface area (Å²) in [6.45, 7) is 5.97. The molecule has 1 aliphatic heterocycles. The van der Waals surface area contributed by atoms with E-state index >= 15 is 0 Å². The molecule has 0 amide bonds. The molecule has 1 saturated heterocycles. The first kappa shape index (κ1) is 17.4. The van der Waals surface area contributed by atoms with E-state index in [9.17, 15) is 9.90 Å². The summed E-state index contributed by atoms with van der Waals surface area (Å²) in [5.74, 6) is -0.103. The number of carbonyl (C=O) groups is 1. The molecule has 0 saturated carbocycles. The summed E-state index contributed by atoms with van der Waals surface area (Å²) in [5.41, 5.74) is -0.791. The van der Waals surface area contributed by atoms with Gasteiger partial charge in [-0.2, -0.15) is 0 Å². The maximum Gasteiger partial charge on any atom is 0.323 e. The monoisotopic (exact) mass is 286 g/mol. The molecule has 0 aromatic rings. The van der Waals surface area contributed by atoms with Crippen LogP contribution in [0.2, 0.25) is 0 Å². The minimum absolute atomic E-state index is 0.662. The van der Waals surface area contributed by atoms with E-state index in [1.165, 1.54) is 19.4 Å². The van der Waals surface area contributed by atoms with Crippen LogP contribution in [0.5, 0.6) is 0 Å². The molecular weight excluding hydrogens is 256 g/mol. The molecule has 0 aromatic carbocycles. The van der Waals surface area contributed by atoms with Gasteiger partial charge in [0.25, 0.3) is 0 Å². The number of likely N-dealkylation sites (tertiary alicyclic amines) is 1. The molecule has 1 heterocycles. The van der Waals surface area contributed by atoms with Crippen LogP contribution < -0.4 is 5.32 Å². The van der Waals surface area contributed by atoms with Crippen molar-refractivity contribution in [3.05, 3.63) is 0 Å². The average Bonchev–Trinajstić information content (AvgIpc) is 2.44. The SMILES string of the molecule is CNC(C)(CCCCN1CCCC(COC)C1)C(=O)O. The number of aliphatic carboxylic acids is 1. The first-order chi connectivity index (χ1) is 9.51. The van der Waals surface area contributed by atoms with Gasteiger partial charge in [0, 0.05) is 13.7 Å². The highest BCUT2D eigenvalue weighted by molar-refractivity contribution is 5.78. The van der Waals surface area contributed by atoms with Crippen LogP contribution >= 0.6 is 0 Å². The van der Waals surface area contributed by atoms with Crippen LogP contribution in [-0.4, -0.2) is 61.9 Å². The summed E-state index contributed by atoms with van der Waals surface area (Å²) >= 11 is 0. The third-order valence-corrected chi connectivity index (χ3v) is 4.43. The lowest BCUT2D eigenvalue weighted by atomic mass is 9.94. The number of hydrogen-bond donors (Lipinski definition) is 2. The van der Waals surface area contributed by atoms with Crippen molar-refractivity contribution in [2.24, 2.45) is 5.92 Å². The van der Waals surface area contributed by atoms with E-state index in [1.807, 2.05) is 0 Å². The second kappa shape index (κ2) is 8.60.